The Bertz CT molecular complexity index is 388. The van der Waals surface area contributed by atoms with Gasteiger partial charge in [0.05, 0.1) is 12.2 Å². The highest BCUT2D eigenvalue weighted by molar-refractivity contribution is 5.27. The minimum Gasteiger partial charge on any atom is -0.491 e. The summed E-state index contributed by atoms with van der Waals surface area (Å²) in [5.41, 5.74) is 0.650. The summed E-state index contributed by atoms with van der Waals surface area (Å²) >= 11 is 0. The van der Waals surface area contributed by atoms with Gasteiger partial charge in [0.2, 0.25) is 0 Å². The van der Waals surface area contributed by atoms with Crippen molar-refractivity contribution in [1.82, 2.24) is 5.32 Å². The standard InChI is InChI=1S/C14H20N2O/c1-11(2)17-13-7-5-12(6-8-13)9-16-14(3,4)10-15/h5-8,11,16H,9H2,1-4H3. The zero-order valence-corrected chi connectivity index (χ0v) is 10.9. The normalized spacial score (nSPS) is 11.3. The fourth-order valence-corrected chi connectivity index (χ4v) is 1.32. The Morgan fingerprint density at radius 2 is 1.88 bits per heavy atom. The van der Waals surface area contributed by atoms with Crippen molar-refractivity contribution in [2.75, 3.05) is 0 Å². The van der Waals surface area contributed by atoms with Crippen LogP contribution in [0.15, 0.2) is 24.3 Å². The van der Waals surface area contributed by atoms with E-state index in [4.69, 9.17) is 10.00 Å². The molecule has 0 saturated carbocycles. The lowest BCUT2D eigenvalue weighted by atomic mass is 10.1. The molecule has 92 valence electrons. The minimum atomic E-state index is -0.493. The Kier molecular flexibility index (Phi) is 4.53. The molecule has 3 heteroatoms. The van der Waals surface area contributed by atoms with E-state index in [9.17, 15) is 0 Å². The third-order valence-corrected chi connectivity index (χ3v) is 2.31. The van der Waals surface area contributed by atoms with Crippen molar-refractivity contribution in [2.24, 2.45) is 0 Å². The summed E-state index contributed by atoms with van der Waals surface area (Å²) in [6.45, 7) is 8.42. The molecule has 0 aromatic heterocycles. The Morgan fingerprint density at radius 3 is 2.35 bits per heavy atom. The van der Waals surface area contributed by atoms with Gasteiger partial charge in [-0.3, -0.25) is 5.32 Å². The summed E-state index contributed by atoms with van der Waals surface area (Å²) in [7, 11) is 0. The quantitative estimate of drug-likeness (QED) is 0.849. The molecule has 0 unspecified atom stereocenters. The zero-order valence-electron chi connectivity index (χ0n) is 10.9. The fraction of sp³-hybridized carbons (Fsp3) is 0.500. The van der Waals surface area contributed by atoms with Gasteiger partial charge in [0.15, 0.2) is 0 Å². The molecule has 0 amide bonds. The first-order chi connectivity index (χ1) is 7.93. The summed E-state index contributed by atoms with van der Waals surface area (Å²) in [4.78, 5) is 0. The average Bonchev–Trinajstić information content (AvgIpc) is 2.28. The summed E-state index contributed by atoms with van der Waals surface area (Å²) in [5, 5.41) is 12.1. The van der Waals surface area contributed by atoms with Crippen molar-refractivity contribution in [3.8, 4) is 11.8 Å². The van der Waals surface area contributed by atoms with Gasteiger partial charge < -0.3 is 4.74 Å². The lowest BCUT2D eigenvalue weighted by Gasteiger charge is -2.17. The maximum absolute atomic E-state index is 8.88. The summed E-state index contributed by atoms with van der Waals surface area (Å²) < 4.78 is 5.56. The summed E-state index contributed by atoms with van der Waals surface area (Å²) in [5.74, 6) is 0.878. The topological polar surface area (TPSA) is 45.0 Å². The molecule has 0 atom stereocenters. The number of hydrogen-bond acceptors (Lipinski definition) is 3. The van der Waals surface area contributed by atoms with Gasteiger partial charge in [0.1, 0.15) is 11.3 Å². The van der Waals surface area contributed by atoms with E-state index in [1.165, 1.54) is 0 Å². The van der Waals surface area contributed by atoms with Crippen LogP contribution in [0.2, 0.25) is 0 Å². The van der Waals surface area contributed by atoms with Crippen LogP contribution in [0.1, 0.15) is 33.3 Å². The molecule has 1 aromatic rings. The molecular formula is C14H20N2O. The molecule has 0 heterocycles. The molecule has 0 aliphatic heterocycles. The SMILES string of the molecule is CC(C)Oc1ccc(CNC(C)(C)C#N)cc1. The highest BCUT2D eigenvalue weighted by Gasteiger charge is 2.14. The average molecular weight is 232 g/mol. The molecule has 0 aliphatic carbocycles. The highest BCUT2D eigenvalue weighted by atomic mass is 16.5. The Morgan fingerprint density at radius 1 is 1.29 bits per heavy atom. The van der Waals surface area contributed by atoms with Crippen LogP contribution in [-0.4, -0.2) is 11.6 Å². The molecule has 1 N–H and O–H groups in total. The van der Waals surface area contributed by atoms with Crippen molar-refractivity contribution >= 4 is 0 Å². The summed E-state index contributed by atoms with van der Waals surface area (Å²) in [6.07, 6.45) is 0.191. The van der Waals surface area contributed by atoms with Crippen LogP contribution in [0.25, 0.3) is 0 Å². The van der Waals surface area contributed by atoms with E-state index in [1.54, 1.807) is 0 Å². The van der Waals surface area contributed by atoms with Crippen molar-refractivity contribution in [2.45, 2.75) is 45.9 Å². The van der Waals surface area contributed by atoms with Crippen LogP contribution < -0.4 is 10.1 Å². The monoisotopic (exact) mass is 232 g/mol. The molecule has 0 fully saturated rings. The first kappa shape index (κ1) is 13.5. The van der Waals surface area contributed by atoms with Gasteiger partial charge in [-0.25, -0.2) is 0 Å². The number of hydrogen-bond donors (Lipinski definition) is 1. The fourth-order valence-electron chi connectivity index (χ4n) is 1.32. The molecule has 0 saturated heterocycles. The minimum absolute atomic E-state index is 0.191. The van der Waals surface area contributed by atoms with Crippen molar-refractivity contribution in [3.05, 3.63) is 29.8 Å². The molecule has 0 bridgehead atoms. The first-order valence-electron chi connectivity index (χ1n) is 5.85. The van der Waals surface area contributed by atoms with Gasteiger partial charge in [-0.1, -0.05) is 12.1 Å². The van der Waals surface area contributed by atoms with Gasteiger partial charge in [-0.15, -0.1) is 0 Å². The first-order valence-corrected chi connectivity index (χ1v) is 5.85. The van der Waals surface area contributed by atoms with E-state index < -0.39 is 5.54 Å². The molecule has 0 radical (unpaired) electrons. The smallest absolute Gasteiger partial charge is 0.119 e. The van der Waals surface area contributed by atoms with Crippen LogP contribution >= 0.6 is 0 Å². The number of nitriles is 1. The third-order valence-electron chi connectivity index (χ3n) is 2.31. The van der Waals surface area contributed by atoms with E-state index in [-0.39, 0.29) is 6.10 Å². The van der Waals surface area contributed by atoms with E-state index in [2.05, 4.69) is 11.4 Å². The lowest BCUT2D eigenvalue weighted by molar-refractivity contribution is 0.242. The van der Waals surface area contributed by atoms with Crippen LogP contribution in [-0.2, 0) is 6.54 Å². The third kappa shape index (κ3) is 4.88. The number of benzene rings is 1. The van der Waals surface area contributed by atoms with Gasteiger partial charge in [0.25, 0.3) is 0 Å². The molecular weight excluding hydrogens is 212 g/mol. The number of nitrogens with one attached hydrogen (secondary N) is 1. The molecule has 0 aliphatic rings. The van der Waals surface area contributed by atoms with Gasteiger partial charge in [-0.05, 0) is 45.4 Å². The Hall–Kier alpha value is -1.53. The van der Waals surface area contributed by atoms with Crippen LogP contribution in [0.3, 0.4) is 0 Å². The lowest BCUT2D eigenvalue weighted by Crippen LogP contribution is -2.36. The number of nitrogens with zero attached hydrogens (tertiary/aromatic N) is 1. The second-order valence-corrected chi connectivity index (χ2v) is 4.90. The van der Waals surface area contributed by atoms with E-state index >= 15 is 0 Å². The second-order valence-electron chi connectivity index (χ2n) is 4.90. The van der Waals surface area contributed by atoms with E-state index in [1.807, 2.05) is 52.0 Å². The van der Waals surface area contributed by atoms with Gasteiger partial charge >= 0.3 is 0 Å². The Balaban J connectivity index is 2.55. The van der Waals surface area contributed by atoms with Gasteiger partial charge in [-0.2, -0.15) is 5.26 Å². The van der Waals surface area contributed by atoms with Crippen LogP contribution in [0.5, 0.6) is 5.75 Å². The van der Waals surface area contributed by atoms with E-state index in [0.29, 0.717) is 6.54 Å². The van der Waals surface area contributed by atoms with Gasteiger partial charge in [0, 0.05) is 6.54 Å². The highest BCUT2D eigenvalue weighted by Crippen LogP contribution is 2.14. The van der Waals surface area contributed by atoms with E-state index in [0.717, 1.165) is 11.3 Å². The van der Waals surface area contributed by atoms with Crippen molar-refractivity contribution < 1.29 is 4.74 Å². The molecule has 0 spiro atoms. The predicted molar refractivity (Wildman–Crippen MR) is 68.7 cm³/mol. The van der Waals surface area contributed by atoms with Crippen molar-refractivity contribution in [3.63, 3.8) is 0 Å². The maximum atomic E-state index is 8.88. The molecule has 1 rings (SSSR count). The second kappa shape index (κ2) is 5.70. The zero-order chi connectivity index (χ0) is 12.9. The number of rotatable bonds is 5. The van der Waals surface area contributed by atoms with Crippen molar-refractivity contribution in [1.29, 1.82) is 5.26 Å². The van der Waals surface area contributed by atoms with Crippen LogP contribution in [0.4, 0.5) is 0 Å². The predicted octanol–water partition coefficient (Wildman–Crippen LogP) is 2.87. The molecule has 3 nitrogen and oxygen atoms in total. The number of ether oxygens (including phenoxy) is 1. The molecule has 17 heavy (non-hydrogen) atoms. The summed E-state index contributed by atoms with van der Waals surface area (Å²) in [6, 6.07) is 10.1. The van der Waals surface area contributed by atoms with Crippen LogP contribution in [0, 0.1) is 11.3 Å². The largest absolute Gasteiger partial charge is 0.491 e. The maximum Gasteiger partial charge on any atom is 0.119 e. The Labute approximate surface area is 103 Å². The molecule has 1 aromatic carbocycles.